The van der Waals surface area contributed by atoms with Gasteiger partial charge in [0.15, 0.2) is 0 Å². The van der Waals surface area contributed by atoms with Crippen molar-refractivity contribution in [1.82, 2.24) is 4.90 Å². The van der Waals surface area contributed by atoms with Gasteiger partial charge >= 0.3 is 0 Å². The molecule has 0 saturated heterocycles. The normalized spacial score (nSPS) is 25.2. The van der Waals surface area contributed by atoms with E-state index in [1.807, 2.05) is 0 Å². The molecule has 35 heavy (non-hydrogen) atoms. The predicted molar refractivity (Wildman–Crippen MR) is 150 cm³/mol. The molecule has 2 aliphatic carbocycles. The molecule has 1 aromatic carbocycles. The van der Waals surface area contributed by atoms with Crippen LogP contribution in [0.5, 0.6) is 0 Å². The van der Waals surface area contributed by atoms with Gasteiger partial charge in [-0.15, -0.1) is 0 Å². The fourth-order valence-electron chi connectivity index (χ4n) is 6.77. The number of benzene rings is 1. The molecule has 3 nitrogen and oxygen atoms in total. The molecule has 3 heteroatoms. The second-order valence-electron chi connectivity index (χ2n) is 13.3. The largest absolute Gasteiger partial charge is 0.330 e. The van der Waals surface area contributed by atoms with E-state index in [1.54, 1.807) is 0 Å². The smallest absolute Gasteiger partial charge is 0.140 e. The van der Waals surface area contributed by atoms with Gasteiger partial charge in [-0.05, 0) is 110 Å². The lowest BCUT2D eigenvalue weighted by Crippen LogP contribution is -2.51. The third kappa shape index (κ3) is 6.21. The Balaban J connectivity index is 1.97. The molecule has 198 valence electrons. The Bertz CT molecular complexity index is 849. The van der Waals surface area contributed by atoms with Gasteiger partial charge in [0.2, 0.25) is 0 Å². The van der Waals surface area contributed by atoms with Gasteiger partial charge in [-0.2, -0.15) is 0 Å². The van der Waals surface area contributed by atoms with E-state index in [4.69, 9.17) is 5.73 Å². The Morgan fingerprint density at radius 1 is 1.00 bits per heavy atom. The second kappa shape index (κ2) is 11.5. The highest BCUT2D eigenvalue weighted by molar-refractivity contribution is 5.64. The number of aryl methyl sites for hydroxylation is 1. The Kier molecular flexibility index (Phi) is 9.30. The van der Waals surface area contributed by atoms with Crippen molar-refractivity contribution in [1.29, 1.82) is 0 Å². The maximum atomic E-state index is 12.8. The third-order valence-corrected chi connectivity index (χ3v) is 9.87. The summed E-state index contributed by atoms with van der Waals surface area (Å²) >= 11 is 0. The van der Waals surface area contributed by atoms with Crippen molar-refractivity contribution in [2.75, 3.05) is 13.1 Å². The molecule has 1 unspecified atom stereocenters. The first kappa shape index (κ1) is 28.4. The maximum Gasteiger partial charge on any atom is 0.140 e. The highest BCUT2D eigenvalue weighted by atomic mass is 16.1. The van der Waals surface area contributed by atoms with Crippen LogP contribution in [0.25, 0.3) is 0 Å². The molecule has 0 heterocycles. The van der Waals surface area contributed by atoms with Crippen molar-refractivity contribution >= 4 is 6.29 Å². The first-order valence-electron chi connectivity index (χ1n) is 14.6. The zero-order chi connectivity index (χ0) is 25.9. The van der Waals surface area contributed by atoms with Gasteiger partial charge in [0, 0.05) is 13.1 Å². The molecule has 1 aromatic rings. The van der Waals surface area contributed by atoms with Crippen LogP contribution in [0.15, 0.2) is 12.1 Å². The highest BCUT2D eigenvalue weighted by Gasteiger charge is 2.39. The number of carbonyl (C=O) groups is 1. The molecule has 3 rings (SSSR count). The molecule has 0 radical (unpaired) electrons. The first-order valence-corrected chi connectivity index (χ1v) is 14.6. The van der Waals surface area contributed by atoms with Gasteiger partial charge in [-0.1, -0.05) is 66.5 Å². The third-order valence-electron chi connectivity index (χ3n) is 9.87. The Hall–Kier alpha value is -1.19. The van der Waals surface area contributed by atoms with Gasteiger partial charge in [0.05, 0.1) is 5.54 Å². The number of unbranched alkanes of at least 4 members (excludes halogenated alkanes) is 1. The lowest BCUT2D eigenvalue weighted by atomic mass is 9.62. The molecule has 0 aliphatic heterocycles. The molecule has 1 fully saturated rings. The van der Waals surface area contributed by atoms with Crippen molar-refractivity contribution in [3.63, 3.8) is 0 Å². The number of fused-ring (bicyclic) bond motifs is 1. The SMILES string of the molecule is CCCCC(C=O)(CC)N(Cc1cc2c(cc1C)C(C)(C)CCC2(C)C)CC1CCC(CN)CC1. The quantitative estimate of drug-likeness (QED) is 0.333. The van der Waals surface area contributed by atoms with E-state index in [0.29, 0.717) is 11.8 Å². The molecule has 0 bridgehead atoms. The maximum absolute atomic E-state index is 12.8. The number of nitrogens with two attached hydrogens (primary N) is 1. The van der Waals surface area contributed by atoms with E-state index in [9.17, 15) is 4.79 Å². The fraction of sp³-hybridized carbons (Fsp3) is 0.781. The van der Waals surface area contributed by atoms with E-state index in [-0.39, 0.29) is 16.4 Å². The minimum atomic E-state index is -0.363. The van der Waals surface area contributed by atoms with E-state index < -0.39 is 0 Å². The van der Waals surface area contributed by atoms with E-state index in [1.165, 1.54) is 67.1 Å². The standard InChI is InChI=1S/C32H54N2O/c1-8-10-15-32(9-2,23-35)34(21-26-13-11-25(20-33)12-14-26)22-27-19-29-28(18-24(27)3)30(4,5)16-17-31(29,6)7/h18-19,23,25-26H,8-17,20-22,33H2,1-7H3. The summed E-state index contributed by atoms with van der Waals surface area (Å²) in [6, 6.07) is 5.01. The summed E-state index contributed by atoms with van der Waals surface area (Å²) < 4.78 is 0. The van der Waals surface area contributed by atoms with E-state index >= 15 is 0 Å². The van der Waals surface area contributed by atoms with Crippen molar-refractivity contribution in [2.24, 2.45) is 17.6 Å². The molecular formula is C32H54N2O. The van der Waals surface area contributed by atoms with Crippen LogP contribution in [0.4, 0.5) is 0 Å². The fourth-order valence-corrected chi connectivity index (χ4v) is 6.77. The number of hydrogen-bond donors (Lipinski definition) is 1. The lowest BCUT2D eigenvalue weighted by Gasteiger charge is -2.44. The zero-order valence-electron chi connectivity index (χ0n) is 24.0. The molecule has 0 amide bonds. The molecular weight excluding hydrogens is 428 g/mol. The first-order chi connectivity index (χ1) is 16.5. The summed E-state index contributed by atoms with van der Waals surface area (Å²) in [6.45, 7) is 19.1. The Morgan fingerprint density at radius 2 is 1.57 bits per heavy atom. The van der Waals surface area contributed by atoms with E-state index in [0.717, 1.165) is 45.3 Å². The van der Waals surface area contributed by atoms with Gasteiger partial charge in [0.1, 0.15) is 6.29 Å². The number of nitrogens with zero attached hydrogens (tertiary/aromatic N) is 1. The molecule has 1 atom stereocenters. The summed E-state index contributed by atoms with van der Waals surface area (Å²) in [5.74, 6) is 1.36. The number of hydrogen-bond acceptors (Lipinski definition) is 3. The van der Waals surface area contributed by atoms with Gasteiger partial charge in [-0.25, -0.2) is 0 Å². The van der Waals surface area contributed by atoms with Crippen LogP contribution < -0.4 is 5.73 Å². The van der Waals surface area contributed by atoms with Crippen LogP contribution in [0.3, 0.4) is 0 Å². The summed E-state index contributed by atoms with van der Waals surface area (Å²) in [7, 11) is 0. The monoisotopic (exact) mass is 482 g/mol. The minimum absolute atomic E-state index is 0.202. The molecule has 0 spiro atoms. The number of rotatable bonds is 11. The topological polar surface area (TPSA) is 46.3 Å². The van der Waals surface area contributed by atoms with Crippen LogP contribution in [-0.4, -0.2) is 29.8 Å². The molecule has 2 N–H and O–H groups in total. The van der Waals surface area contributed by atoms with Crippen molar-refractivity contribution in [3.8, 4) is 0 Å². The Morgan fingerprint density at radius 3 is 2.09 bits per heavy atom. The van der Waals surface area contributed by atoms with Crippen molar-refractivity contribution in [2.45, 2.75) is 136 Å². The van der Waals surface area contributed by atoms with Gasteiger partial charge in [-0.3, -0.25) is 4.90 Å². The van der Waals surface area contributed by atoms with Crippen molar-refractivity contribution < 1.29 is 4.79 Å². The minimum Gasteiger partial charge on any atom is -0.330 e. The van der Waals surface area contributed by atoms with Crippen LogP contribution in [0.1, 0.15) is 128 Å². The van der Waals surface area contributed by atoms with Gasteiger partial charge < -0.3 is 10.5 Å². The summed E-state index contributed by atoms with van der Waals surface area (Å²) in [6.07, 6.45) is 12.8. The summed E-state index contributed by atoms with van der Waals surface area (Å²) in [5, 5.41) is 0. The van der Waals surface area contributed by atoms with Crippen molar-refractivity contribution in [3.05, 3.63) is 34.4 Å². The lowest BCUT2D eigenvalue weighted by molar-refractivity contribution is -0.121. The summed E-state index contributed by atoms with van der Waals surface area (Å²) in [4.78, 5) is 15.4. The van der Waals surface area contributed by atoms with Crippen LogP contribution in [0, 0.1) is 18.8 Å². The molecule has 0 aromatic heterocycles. The zero-order valence-corrected chi connectivity index (χ0v) is 24.0. The second-order valence-corrected chi connectivity index (χ2v) is 13.3. The predicted octanol–water partition coefficient (Wildman–Crippen LogP) is 7.45. The van der Waals surface area contributed by atoms with Gasteiger partial charge in [0.25, 0.3) is 0 Å². The molecule has 1 saturated carbocycles. The highest BCUT2D eigenvalue weighted by Crippen LogP contribution is 2.47. The molecule has 2 aliphatic rings. The Labute approximate surface area is 216 Å². The number of carbonyl (C=O) groups excluding carboxylic acids is 1. The van der Waals surface area contributed by atoms with E-state index in [2.05, 4.69) is 65.5 Å². The average molecular weight is 483 g/mol. The summed E-state index contributed by atoms with van der Waals surface area (Å²) in [5.41, 5.74) is 11.9. The van der Waals surface area contributed by atoms with Crippen LogP contribution >= 0.6 is 0 Å². The van der Waals surface area contributed by atoms with Crippen LogP contribution in [0.2, 0.25) is 0 Å². The average Bonchev–Trinajstić information content (AvgIpc) is 2.84. The van der Waals surface area contributed by atoms with Crippen LogP contribution in [-0.2, 0) is 22.2 Å². The number of aldehydes is 1.